The highest BCUT2D eigenvalue weighted by Gasteiger charge is 2.46. The Balaban J connectivity index is 1.41. The number of benzene rings is 1. The number of aryl methyl sites for hydroxylation is 1. The third-order valence-electron chi connectivity index (χ3n) is 6.08. The number of carbonyl (C=O) groups is 2. The fraction of sp³-hybridized carbons (Fsp3) is 0.455. The Hall–Kier alpha value is -2.94. The van der Waals surface area contributed by atoms with Crippen LogP contribution >= 0.6 is 11.6 Å². The van der Waals surface area contributed by atoms with E-state index in [0.29, 0.717) is 35.7 Å². The van der Waals surface area contributed by atoms with E-state index < -0.39 is 17.5 Å². The van der Waals surface area contributed by atoms with Crippen LogP contribution in [0.3, 0.4) is 0 Å². The Morgan fingerprint density at radius 3 is 2.78 bits per heavy atom. The molecule has 2 aliphatic rings. The number of hydrogen-bond donors (Lipinski definition) is 3. The second-order valence-corrected chi connectivity index (χ2v) is 8.98. The third kappa shape index (κ3) is 4.62. The maximum absolute atomic E-state index is 13.5. The number of amides is 2. The number of carbonyl (C=O) groups excluding carboxylic acids is 2. The van der Waals surface area contributed by atoms with Gasteiger partial charge in [0.25, 0.3) is 5.91 Å². The molecule has 0 bridgehead atoms. The third-order valence-corrected chi connectivity index (χ3v) is 6.39. The molecule has 0 saturated heterocycles. The van der Waals surface area contributed by atoms with Crippen molar-refractivity contribution < 1.29 is 18.7 Å². The van der Waals surface area contributed by atoms with Crippen LogP contribution in [0.5, 0.6) is 0 Å². The van der Waals surface area contributed by atoms with E-state index in [9.17, 15) is 14.0 Å². The summed E-state index contributed by atoms with van der Waals surface area (Å²) in [7, 11) is 0. The minimum Gasteiger partial charge on any atom is -0.435 e. The molecular weight excluding hydrogens is 437 g/mol. The molecule has 1 saturated carbocycles. The van der Waals surface area contributed by atoms with Crippen molar-refractivity contribution in [3.8, 4) is 0 Å². The van der Waals surface area contributed by atoms with Crippen molar-refractivity contribution >= 4 is 29.3 Å². The lowest BCUT2D eigenvalue weighted by Gasteiger charge is -2.42. The zero-order valence-electron chi connectivity index (χ0n) is 17.9. The number of halogens is 2. The number of hydrazone groups is 1. The van der Waals surface area contributed by atoms with Crippen molar-refractivity contribution in [2.45, 2.75) is 57.6 Å². The number of H-pyrrole nitrogens is 1. The molecule has 10 heteroatoms. The highest BCUT2D eigenvalue weighted by molar-refractivity contribution is 6.34. The maximum Gasteiger partial charge on any atom is 0.428 e. The molecule has 4 rings (SSSR count). The molecule has 2 heterocycles. The van der Waals surface area contributed by atoms with E-state index in [0.717, 1.165) is 25.0 Å². The van der Waals surface area contributed by atoms with Gasteiger partial charge in [-0.3, -0.25) is 9.89 Å². The number of rotatable bonds is 5. The lowest BCUT2D eigenvalue weighted by molar-refractivity contribution is 0.0154. The van der Waals surface area contributed by atoms with E-state index in [1.807, 2.05) is 13.8 Å². The first kappa shape index (κ1) is 22.3. The number of nitrogens with one attached hydrogen (secondary N) is 3. The smallest absolute Gasteiger partial charge is 0.428 e. The van der Waals surface area contributed by atoms with Gasteiger partial charge in [0.2, 0.25) is 0 Å². The standard InChI is InChI=1S/C22H25ClFN5O3/c1-12(25-20(30)18-10-13(2)26-27-18)9-14-5-7-22(8-6-14)19(28-29-21(31)32-22)16-4-3-15(24)11-17(16)23/h3-4,10-12,14H,5-9H2,1-2H3,(H,25,30)(H,26,27)(H,29,31)/t12-,14?,22?/m0/s1. The molecular formula is C22H25ClFN5O3. The quantitative estimate of drug-likeness (QED) is 0.623. The number of aromatic amines is 1. The minimum absolute atomic E-state index is 0.0335. The van der Waals surface area contributed by atoms with Gasteiger partial charge in [-0.05, 0) is 76.1 Å². The number of hydrogen-bond acceptors (Lipinski definition) is 5. The van der Waals surface area contributed by atoms with Gasteiger partial charge in [-0.25, -0.2) is 14.6 Å². The van der Waals surface area contributed by atoms with Crippen LogP contribution < -0.4 is 10.7 Å². The second kappa shape index (κ2) is 8.90. The molecule has 1 aromatic heterocycles. The van der Waals surface area contributed by atoms with Gasteiger partial charge < -0.3 is 10.1 Å². The molecule has 1 aliphatic heterocycles. The monoisotopic (exact) mass is 461 g/mol. The summed E-state index contributed by atoms with van der Waals surface area (Å²) < 4.78 is 19.3. The first-order valence-electron chi connectivity index (χ1n) is 10.6. The number of ether oxygens (including phenoxy) is 1. The van der Waals surface area contributed by atoms with Gasteiger partial charge in [0.15, 0.2) is 5.60 Å². The van der Waals surface area contributed by atoms with Crippen molar-refractivity contribution in [1.82, 2.24) is 20.9 Å². The summed E-state index contributed by atoms with van der Waals surface area (Å²) in [4.78, 5) is 24.3. The average Bonchev–Trinajstić information content (AvgIpc) is 3.17. The summed E-state index contributed by atoms with van der Waals surface area (Å²) in [5.41, 5.74) is 3.69. The van der Waals surface area contributed by atoms with Crippen LogP contribution in [-0.2, 0) is 4.74 Å². The van der Waals surface area contributed by atoms with Crippen LogP contribution in [0.1, 0.15) is 60.8 Å². The summed E-state index contributed by atoms with van der Waals surface area (Å²) in [6.07, 6.45) is 2.88. The molecule has 170 valence electrons. The predicted octanol–water partition coefficient (Wildman–Crippen LogP) is 4.09. The molecule has 3 N–H and O–H groups in total. The first-order chi connectivity index (χ1) is 15.3. The average molecular weight is 462 g/mol. The van der Waals surface area contributed by atoms with Gasteiger partial charge in [0.05, 0.1) is 5.02 Å². The zero-order chi connectivity index (χ0) is 22.9. The first-order valence-corrected chi connectivity index (χ1v) is 11.0. The summed E-state index contributed by atoms with van der Waals surface area (Å²) in [5.74, 6) is -0.309. The van der Waals surface area contributed by atoms with Gasteiger partial charge >= 0.3 is 6.09 Å². The Kier molecular flexibility index (Phi) is 6.19. The molecule has 1 aliphatic carbocycles. The molecule has 2 aromatic rings. The Morgan fingerprint density at radius 1 is 1.38 bits per heavy atom. The van der Waals surface area contributed by atoms with Gasteiger partial charge in [0, 0.05) is 17.3 Å². The fourth-order valence-corrected chi connectivity index (χ4v) is 4.81. The molecule has 32 heavy (non-hydrogen) atoms. The second-order valence-electron chi connectivity index (χ2n) is 8.57. The lowest BCUT2D eigenvalue weighted by Crippen LogP contribution is -2.52. The molecule has 8 nitrogen and oxygen atoms in total. The fourth-order valence-electron chi connectivity index (χ4n) is 4.55. The van der Waals surface area contributed by atoms with Crippen molar-refractivity contribution in [1.29, 1.82) is 0 Å². The normalized spacial score (nSPS) is 23.8. The number of nitrogens with zero attached hydrogens (tertiary/aromatic N) is 2. The number of aromatic nitrogens is 2. The van der Waals surface area contributed by atoms with Gasteiger partial charge in [0.1, 0.15) is 17.2 Å². The van der Waals surface area contributed by atoms with Crippen LogP contribution in [0.2, 0.25) is 5.02 Å². The van der Waals surface area contributed by atoms with Gasteiger partial charge in [-0.1, -0.05) is 11.6 Å². The van der Waals surface area contributed by atoms with Crippen LogP contribution in [-0.4, -0.2) is 39.6 Å². The minimum atomic E-state index is -0.903. The Morgan fingerprint density at radius 2 is 2.12 bits per heavy atom. The molecule has 0 unspecified atom stereocenters. The highest BCUT2D eigenvalue weighted by Crippen LogP contribution is 2.41. The zero-order valence-corrected chi connectivity index (χ0v) is 18.6. The van der Waals surface area contributed by atoms with Crippen LogP contribution in [0.25, 0.3) is 0 Å². The van der Waals surface area contributed by atoms with Crippen molar-refractivity contribution in [3.63, 3.8) is 0 Å². The van der Waals surface area contributed by atoms with Crippen LogP contribution in [0, 0.1) is 18.7 Å². The Bertz CT molecular complexity index is 1060. The summed E-state index contributed by atoms with van der Waals surface area (Å²) in [6, 6.07) is 5.76. The molecule has 1 atom stereocenters. The maximum atomic E-state index is 13.5. The van der Waals surface area contributed by atoms with Crippen molar-refractivity contribution in [2.75, 3.05) is 0 Å². The largest absolute Gasteiger partial charge is 0.435 e. The van der Waals surface area contributed by atoms with E-state index >= 15 is 0 Å². The SMILES string of the molecule is Cc1cc(C(=O)N[C@@H](C)CC2CCC3(CC2)OC(=O)NN=C3c2ccc(F)cc2Cl)n[nH]1. The molecule has 1 fully saturated rings. The molecule has 0 radical (unpaired) electrons. The topological polar surface area (TPSA) is 108 Å². The summed E-state index contributed by atoms with van der Waals surface area (Å²) >= 11 is 6.26. The summed E-state index contributed by atoms with van der Waals surface area (Å²) in [5, 5.41) is 14.2. The molecule has 1 aromatic carbocycles. The van der Waals surface area contributed by atoms with E-state index in [2.05, 4.69) is 26.0 Å². The van der Waals surface area contributed by atoms with Crippen LogP contribution in [0.15, 0.2) is 29.4 Å². The van der Waals surface area contributed by atoms with E-state index in [-0.39, 0.29) is 17.0 Å². The lowest BCUT2D eigenvalue weighted by atomic mass is 9.73. The molecule has 1 spiro atoms. The molecule has 2 amide bonds. The van der Waals surface area contributed by atoms with Crippen molar-refractivity contribution in [3.05, 3.63) is 52.1 Å². The Labute approximate surface area is 189 Å². The highest BCUT2D eigenvalue weighted by atomic mass is 35.5. The van der Waals surface area contributed by atoms with Crippen molar-refractivity contribution in [2.24, 2.45) is 11.0 Å². The van der Waals surface area contributed by atoms with Crippen LogP contribution in [0.4, 0.5) is 9.18 Å². The van der Waals surface area contributed by atoms with E-state index in [1.165, 1.54) is 12.1 Å². The summed E-state index contributed by atoms with van der Waals surface area (Å²) in [6.45, 7) is 3.81. The van der Waals surface area contributed by atoms with Gasteiger partial charge in [-0.2, -0.15) is 10.2 Å². The van der Waals surface area contributed by atoms with E-state index in [4.69, 9.17) is 16.3 Å². The van der Waals surface area contributed by atoms with Gasteiger partial charge in [-0.15, -0.1) is 0 Å². The van der Waals surface area contributed by atoms with E-state index in [1.54, 1.807) is 12.1 Å². The predicted molar refractivity (Wildman–Crippen MR) is 117 cm³/mol.